The number of aromatic nitrogens is 5. The number of pyridine rings is 1. The molecule has 150 valence electrons. The maximum atomic E-state index is 12.7. The van der Waals surface area contributed by atoms with Crippen LogP contribution in [0.4, 0.5) is 0 Å². The third kappa shape index (κ3) is 3.78. The lowest BCUT2D eigenvalue weighted by molar-refractivity contribution is 0.0917. The highest BCUT2D eigenvalue weighted by Gasteiger charge is 2.25. The molecule has 0 radical (unpaired) electrons. The minimum absolute atomic E-state index is 0.102. The Labute approximate surface area is 174 Å². The van der Waals surface area contributed by atoms with Crippen LogP contribution in [0.15, 0.2) is 67.4 Å². The summed E-state index contributed by atoms with van der Waals surface area (Å²) in [7, 11) is 0. The van der Waals surface area contributed by atoms with E-state index in [4.69, 9.17) is 0 Å². The average molecular weight is 398 g/mol. The molecule has 7 heteroatoms. The smallest absolute Gasteiger partial charge is 0.270 e. The van der Waals surface area contributed by atoms with E-state index < -0.39 is 0 Å². The van der Waals surface area contributed by atoms with Gasteiger partial charge in [0, 0.05) is 29.4 Å². The zero-order valence-electron chi connectivity index (χ0n) is 16.5. The molecule has 0 atom stereocenters. The molecule has 1 saturated carbocycles. The Morgan fingerprint density at radius 3 is 2.73 bits per heavy atom. The van der Waals surface area contributed by atoms with Crippen LogP contribution >= 0.6 is 0 Å². The fourth-order valence-corrected chi connectivity index (χ4v) is 4.07. The quantitative estimate of drug-likeness (QED) is 0.565. The van der Waals surface area contributed by atoms with E-state index in [0.29, 0.717) is 11.7 Å². The summed E-state index contributed by atoms with van der Waals surface area (Å²) in [6, 6.07) is 14.0. The highest BCUT2D eigenvalue weighted by atomic mass is 16.1. The molecule has 3 heterocycles. The zero-order valence-corrected chi connectivity index (χ0v) is 16.5. The minimum Gasteiger partial charge on any atom is -0.348 e. The first-order valence-electron chi connectivity index (χ1n) is 10.2. The number of amides is 1. The van der Waals surface area contributed by atoms with Crippen molar-refractivity contribution in [3.8, 4) is 11.3 Å². The van der Waals surface area contributed by atoms with Crippen LogP contribution in [0.1, 0.15) is 42.2 Å². The average Bonchev–Trinajstić information content (AvgIpc) is 3.30. The third-order valence-corrected chi connectivity index (χ3v) is 5.72. The van der Waals surface area contributed by atoms with Gasteiger partial charge in [0.05, 0.1) is 23.4 Å². The fourth-order valence-electron chi connectivity index (χ4n) is 4.07. The van der Waals surface area contributed by atoms with E-state index in [9.17, 15) is 4.79 Å². The summed E-state index contributed by atoms with van der Waals surface area (Å²) in [4.78, 5) is 25.4. The Morgan fingerprint density at radius 1 is 1.03 bits per heavy atom. The molecule has 0 saturated heterocycles. The first kappa shape index (κ1) is 18.4. The maximum absolute atomic E-state index is 12.7. The summed E-state index contributed by atoms with van der Waals surface area (Å²) in [6.07, 6.45) is 11.0. The standard InChI is InChI=1S/C23H22N6O/c30-23(22-10-5-16-3-1-2-4-21(16)28-22)27-18-6-8-19(9-7-18)29-14-17(13-26-29)20-11-12-24-15-25-20/h1-5,10-15,18-19H,6-9H2,(H,27,30). The minimum atomic E-state index is -0.102. The second-order valence-corrected chi connectivity index (χ2v) is 7.67. The second kappa shape index (κ2) is 8.02. The molecule has 1 aliphatic rings. The molecule has 1 N–H and O–H groups in total. The number of carbonyl (C=O) groups excluding carboxylic acids is 1. The van der Waals surface area contributed by atoms with Crippen molar-refractivity contribution in [2.75, 3.05) is 0 Å². The molecule has 1 fully saturated rings. The van der Waals surface area contributed by atoms with E-state index in [1.54, 1.807) is 18.6 Å². The molecule has 0 aliphatic heterocycles. The van der Waals surface area contributed by atoms with E-state index in [1.165, 1.54) is 0 Å². The summed E-state index contributed by atoms with van der Waals surface area (Å²) in [5.41, 5.74) is 3.18. The number of nitrogens with one attached hydrogen (secondary N) is 1. The maximum Gasteiger partial charge on any atom is 0.270 e. The van der Waals surface area contributed by atoms with Crippen LogP contribution in [0.25, 0.3) is 22.2 Å². The van der Waals surface area contributed by atoms with Crippen molar-refractivity contribution in [3.63, 3.8) is 0 Å². The molecular formula is C23H22N6O. The predicted molar refractivity (Wildman–Crippen MR) is 114 cm³/mol. The summed E-state index contributed by atoms with van der Waals surface area (Å²) < 4.78 is 2.03. The van der Waals surface area contributed by atoms with Gasteiger partial charge in [-0.2, -0.15) is 5.10 Å². The Kier molecular flexibility index (Phi) is 4.93. The van der Waals surface area contributed by atoms with Gasteiger partial charge in [0.1, 0.15) is 12.0 Å². The van der Waals surface area contributed by atoms with Gasteiger partial charge in [-0.15, -0.1) is 0 Å². The van der Waals surface area contributed by atoms with Crippen molar-refractivity contribution in [2.24, 2.45) is 0 Å². The second-order valence-electron chi connectivity index (χ2n) is 7.67. The Hall–Kier alpha value is -3.61. The summed E-state index contributed by atoms with van der Waals surface area (Å²) in [5, 5.41) is 8.73. The lowest BCUT2D eigenvalue weighted by Gasteiger charge is -2.29. The van der Waals surface area contributed by atoms with Crippen LogP contribution in [-0.2, 0) is 0 Å². The van der Waals surface area contributed by atoms with Gasteiger partial charge >= 0.3 is 0 Å². The van der Waals surface area contributed by atoms with Crippen molar-refractivity contribution in [1.29, 1.82) is 0 Å². The monoisotopic (exact) mass is 398 g/mol. The normalized spacial score (nSPS) is 18.9. The number of carbonyl (C=O) groups is 1. The zero-order chi connectivity index (χ0) is 20.3. The number of para-hydroxylation sites is 1. The van der Waals surface area contributed by atoms with E-state index in [1.807, 2.05) is 53.5 Å². The molecule has 4 aromatic rings. The number of hydrogen-bond acceptors (Lipinski definition) is 5. The SMILES string of the molecule is O=C(NC1CCC(n2cc(-c3ccncn3)cn2)CC1)c1ccc2ccccc2n1. The predicted octanol–water partition coefficient (Wildman–Crippen LogP) is 3.80. The van der Waals surface area contributed by atoms with Gasteiger partial charge in [-0.25, -0.2) is 15.0 Å². The highest BCUT2D eigenvalue weighted by molar-refractivity contribution is 5.95. The van der Waals surface area contributed by atoms with Gasteiger partial charge in [0.15, 0.2) is 0 Å². The molecule has 5 rings (SSSR count). The Balaban J connectivity index is 1.20. The van der Waals surface area contributed by atoms with Crippen LogP contribution in [-0.4, -0.2) is 36.7 Å². The van der Waals surface area contributed by atoms with E-state index in [2.05, 4.69) is 25.4 Å². The first-order valence-corrected chi connectivity index (χ1v) is 10.2. The van der Waals surface area contributed by atoms with E-state index in [-0.39, 0.29) is 11.9 Å². The molecule has 0 unspecified atom stereocenters. The van der Waals surface area contributed by atoms with E-state index >= 15 is 0 Å². The lowest BCUT2D eigenvalue weighted by Crippen LogP contribution is -2.38. The van der Waals surface area contributed by atoms with Gasteiger partial charge in [-0.1, -0.05) is 24.3 Å². The molecule has 0 bridgehead atoms. The number of hydrogen-bond donors (Lipinski definition) is 1. The number of nitrogens with zero attached hydrogens (tertiary/aromatic N) is 5. The summed E-state index contributed by atoms with van der Waals surface area (Å²) >= 11 is 0. The first-order chi connectivity index (χ1) is 14.8. The van der Waals surface area contributed by atoms with Crippen LogP contribution in [0.3, 0.4) is 0 Å². The van der Waals surface area contributed by atoms with Gasteiger partial charge in [0.25, 0.3) is 5.91 Å². The van der Waals surface area contributed by atoms with Crippen LogP contribution < -0.4 is 5.32 Å². The van der Waals surface area contributed by atoms with Gasteiger partial charge in [0.2, 0.25) is 0 Å². The molecule has 0 spiro atoms. The van der Waals surface area contributed by atoms with Gasteiger partial charge in [-0.3, -0.25) is 9.48 Å². The largest absolute Gasteiger partial charge is 0.348 e. The molecule has 1 aromatic carbocycles. The summed E-state index contributed by atoms with van der Waals surface area (Å²) in [6.45, 7) is 0. The van der Waals surface area contributed by atoms with Crippen LogP contribution in [0, 0.1) is 0 Å². The lowest BCUT2D eigenvalue weighted by atomic mass is 9.91. The Morgan fingerprint density at radius 2 is 1.90 bits per heavy atom. The van der Waals surface area contributed by atoms with E-state index in [0.717, 1.165) is 47.8 Å². The van der Waals surface area contributed by atoms with Crippen molar-refractivity contribution >= 4 is 16.8 Å². The summed E-state index contributed by atoms with van der Waals surface area (Å²) in [5.74, 6) is -0.102. The molecule has 1 amide bonds. The van der Waals surface area contributed by atoms with Crippen molar-refractivity contribution in [1.82, 2.24) is 30.0 Å². The van der Waals surface area contributed by atoms with Crippen molar-refractivity contribution < 1.29 is 4.79 Å². The van der Waals surface area contributed by atoms with Crippen molar-refractivity contribution in [3.05, 3.63) is 73.1 Å². The topological polar surface area (TPSA) is 85.6 Å². The number of rotatable bonds is 4. The van der Waals surface area contributed by atoms with Crippen LogP contribution in [0.5, 0.6) is 0 Å². The van der Waals surface area contributed by atoms with Crippen molar-refractivity contribution in [2.45, 2.75) is 37.8 Å². The van der Waals surface area contributed by atoms with Crippen LogP contribution in [0.2, 0.25) is 0 Å². The molecule has 1 aliphatic carbocycles. The number of fused-ring (bicyclic) bond motifs is 1. The highest BCUT2D eigenvalue weighted by Crippen LogP contribution is 2.29. The Bertz CT molecular complexity index is 1160. The van der Waals surface area contributed by atoms with Gasteiger partial charge in [-0.05, 0) is 43.9 Å². The molecule has 7 nitrogen and oxygen atoms in total. The van der Waals surface area contributed by atoms with Gasteiger partial charge < -0.3 is 5.32 Å². The number of benzene rings is 1. The molecular weight excluding hydrogens is 376 g/mol. The fraction of sp³-hybridized carbons (Fsp3) is 0.261. The molecule has 3 aromatic heterocycles. The molecule has 30 heavy (non-hydrogen) atoms. The third-order valence-electron chi connectivity index (χ3n) is 5.72.